The summed E-state index contributed by atoms with van der Waals surface area (Å²) < 4.78 is 0. The predicted octanol–water partition coefficient (Wildman–Crippen LogP) is 0.0484. The second-order valence-corrected chi connectivity index (χ2v) is 3.36. The number of H-pyrrole nitrogens is 1. The minimum atomic E-state index is -0.731. The number of nitrogens with two attached hydrogens (primary N) is 2. The first-order valence-electron chi connectivity index (χ1n) is 4.99. The zero-order valence-electron chi connectivity index (χ0n) is 8.93. The molecule has 7 N–H and O–H groups in total. The van der Waals surface area contributed by atoms with Crippen LogP contribution >= 0.6 is 0 Å². The zero-order valence-corrected chi connectivity index (χ0v) is 8.93. The number of nitrogens with one attached hydrogen (secondary N) is 1. The van der Waals surface area contributed by atoms with Crippen LogP contribution in [0, 0.1) is 0 Å². The average Bonchev–Trinajstić information content (AvgIpc) is 2.78. The largest absolute Gasteiger partial charge is 0.398 e. The Morgan fingerprint density at radius 1 is 1.31 bits per heavy atom. The van der Waals surface area contributed by atoms with Gasteiger partial charge in [0.05, 0.1) is 12.7 Å². The first kappa shape index (κ1) is 12.5. The number of hydrogen-bond donors (Lipinski definition) is 5. The van der Waals surface area contributed by atoms with Gasteiger partial charge in [-0.1, -0.05) is 6.07 Å². The Balaban J connectivity index is 0.000000187. The lowest BCUT2D eigenvalue weighted by Crippen LogP contribution is -2.22. The summed E-state index contributed by atoms with van der Waals surface area (Å²) in [6.07, 6.45) is 1.16. The Morgan fingerprint density at radius 2 is 2.06 bits per heavy atom. The van der Waals surface area contributed by atoms with Crippen molar-refractivity contribution in [1.82, 2.24) is 4.98 Å². The first-order chi connectivity index (χ1) is 7.69. The topological polar surface area (TPSA) is 108 Å². The molecule has 2 aromatic rings. The Morgan fingerprint density at radius 3 is 2.56 bits per heavy atom. The van der Waals surface area contributed by atoms with Crippen LogP contribution in [0.15, 0.2) is 30.5 Å². The minimum Gasteiger partial charge on any atom is -0.398 e. The quantitative estimate of drug-likeness (QED) is 0.463. The number of aliphatic hydroxyl groups is 2. The Kier molecular flexibility index (Phi) is 4.78. The number of nitrogen functional groups attached to an aromatic ring is 1. The Labute approximate surface area is 93.7 Å². The van der Waals surface area contributed by atoms with Crippen molar-refractivity contribution in [3.05, 3.63) is 30.5 Å². The van der Waals surface area contributed by atoms with E-state index in [9.17, 15) is 0 Å². The van der Waals surface area contributed by atoms with Gasteiger partial charge in [0.2, 0.25) is 0 Å². The molecule has 0 aliphatic carbocycles. The van der Waals surface area contributed by atoms with Gasteiger partial charge >= 0.3 is 0 Å². The van der Waals surface area contributed by atoms with Crippen molar-refractivity contribution in [3.63, 3.8) is 0 Å². The van der Waals surface area contributed by atoms with Gasteiger partial charge in [-0.25, -0.2) is 0 Å². The van der Waals surface area contributed by atoms with Gasteiger partial charge in [-0.2, -0.15) is 0 Å². The van der Waals surface area contributed by atoms with E-state index < -0.39 is 6.10 Å². The Hall–Kier alpha value is -1.56. The van der Waals surface area contributed by atoms with Crippen LogP contribution in [0.25, 0.3) is 10.9 Å². The van der Waals surface area contributed by atoms with E-state index in [1.807, 2.05) is 30.5 Å². The smallest absolute Gasteiger partial charge is 0.0892 e. The molecule has 0 saturated carbocycles. The predicted molar refractivity (Wildman–Crippen MR) is 64.9 cm³/mol. The highest BCUT2D eigenvalue weighted by Gasteiger charge is 1.94. The number of rotatable bonds is 2. The molecule has 5 heteroatoms. The number of hydrogen-bond acceptors (Lipinski definition) is 4. The van der Waals surface area contributed by atoms with Crippen molar-refractivity contribution in [2.45, 2.75) is 6.10 Å². The summed E-state index contributed by atoms with van der Waals surface area (Å²) in [7, 11) is 0. The summed E-state index contributed by atoms with van der Waals surface area (Å²) in [5.41, 5.74) is 12.5. The van der Waals surface area contributed by atoms with Crippen molar-refractivity contribution in [1.29, 1.82) is 0 Å². The van der Waals surface area contributed by atoms with Crippen LogP contribution in [0.4, 0.5) is 5.69 Å². The minimum absolute atomic E-state index is 0.135. The Bertz CT molecular complexity index is 424. The standard InChI is InChI=1S/C8H8N2.C3H9NO2/c9-7-2-1-3-8-6(7)4-5-10-8;4-1-3(6)2-5/h1-5,10H,9H2;3,5-6H,1-2,4H2. The van der Waals surface area contributed by atoms with E-state index in [0.29, 0.717) is 0 Å². The molecule has 1 heterocycles. The molecule has 0 aliphatic rings. The van der Waals surface area contributed by atoms with E-state index in [0.717, 1.165) is 16.6 Å². The molecule has 1 atom stereocenters. The highest BCUT2D eigenvalue weighted by atomic mass is 16.3. The van der Waals surface area contributed by atoms with Gasteiger partial charge in [0.25, 0.3) is 0 Å². The van der Waals surface area contributed by atoms with E-state index in [1.54, 1.807) is 0 Å². The van der Waals surface area contributed by atoms with E-state index in [-0.39, 0.29) is 13.2 Å². The molecule has 1 aromatic carbocycles. The highest BCUT2D eigenvalue weighted by Crippen LogP contribution is 2.18. The summed E-state index contributed by atoms with van der Waals surface area (Å²) >= 11 is 0. The van der Waals surface area contributed by atoms with Crippen LogP contribution < -0.4 is 11.5 Å². The first-order valence-corrected chi connectivity index (χ1v) is 4.99. The van der Waals surface area contributed by atoms with Gasteiger partial charge in [-0.15, -0.1) is 0 Å². The number of aliphatic hydroxyl groups excluding tert-OH is 2. The van der Waals surface area contributed by atoms with Crippen LogP contribution in [-0.4, -0.2) is 34.5 Å². The van der Waals surface area contributed by atoms with Crippen molar-refractivity contribution < 1.29 is 10.2 Å². The van der Waals surface area contributed by atoms with E-state index >= 15 is 0 Å². The molecule has 5 nitrogen and oxygen atoms in total. The fourth-order valence-corrected chi connectivity index (χ4v) is 1.18. The summed E-state index contributed by atoms with van der Waals surface area (Å²) in [5.74, 6) is 0. The van der Waals surface area contributed by atoms with Gasteiger partial charge in [0.15, 0.2) is 0 Å². The molecule has 1 unspecified atom stereocenters. The molecule has 0 bridgehead atoms. The molecule has 0 radical (unpaired) electrons. The van der Waals surface area contributed by atoms with Gasteiger partial charge < -0.3 is 26.7 Å². The van der Waals surface area contributed by atoms with Crippen molar-refractivity contribution >= 4 is 16.6 Å². The van der Waals surface area contributed by atoms with Crippen LogP contribution in [-0.2, 0) is 0 Å². The lowest BCUT2D eigenvalue weighted by atomic mass is 10.2. The fraction of sp³-hybridized carbons (Fsp3) is 0.273. The number of aromatic nitrogens is 1. The maximum Gasteiger partial charge on any atom is 0.0892 e. The summed E-state index contributed by atoms with van der Waals surface area (Å²) in [6.45, 7) is -0.104. The molecule has 2 rings (SSSR count). The number of anilines is 1. The molecule has 0 saturated heterocycles. The van der Waals surface area contributed by atoms with Gasteiger partial charge in [-0.3, -0.25) is 0 Å². The number of benzene rings is 1. The van der Waals surface area contributed by atoms with Crippen LogP contribution in [0.2, 0.25) is 0 Å². The second kappa shape index (κ2) is 6.12. The molecule has 88 valence electrons. The summed E-state index contributed by atoms with van der Waals surface area (Å²) in [5, 5.41) is 17.4. The van der Waals surface area contributed by atoms with E-state index in [1.165, 1.54) is 0 Å². The summed E-state index contributed by atoms with van der Waals surface area (Å²) in [4.78, 5) is 3.08. The fourth-order valence-electron chi connectivity index (χ4n) is 1.18. The van der Waals surface area contributed by atoms with Crippen LogP contribution in [0.5, 0.6) is 0 Å². The van der Waals surface area contributed by atoms with E-state index in [4.69, 9.17) is 21.7 Å². The van der Waals surface area contributed by atoms with Crippen molar-refractivity contribution in [2.75, 3.05) is 18.9 Å². The van der Waals surface area contributed by atoms with Gasteiger partial charge in [0, 0.05) is 29.3 Å². The maximum absolute atomic E-state index is 8.29. The molecular formula is C11H17N3O2. The zero-order chi connectivity index (χ0) is 12.0. The molecule has 0 spiro atoms. The van der Waals surface area contributed by atoms with Gasteiger partial charge in [0.1, 0.15) is 0 Å². The number of fused-ring (bicyclic) bond motifs is 1. The number of aromatic amines is 1. The molecule has 0 fully saturated rings. The summed E-state index contributed by atoms with van der Waals surface area (Å²) in [6, 6.07) is 7.82. The van der Waals surface area contributed by atoms with E-state index in [2.05, 4.69) is 4.98 Å². The lowest BCUT2D eigenvalue weighted by Gasteiger charge is -1.97. The monoisotopic (exact) mass is 223 g/mol. The van der Waals surface area contributed by atoms with Gasteiger partial charge in [-0.05, 0) is 18.2 Å². The van der Waals surface area contributed by atoms with Crippen molar-refractivity contribution in [2.24, 2.45) is 5.73 Å². The molecule has 1 aromatic heterocycles. The second-order valence-electron chi connectivity index (χ2n) is 3.36. The SMILES string of the molecule is NCC(O)CO.Nc1cccc2[nH]ccc12. The maximum atomic E-state index is 8.29. The molecule has 0 amide bonds. The third kappa shape index (κ3) is 3.23. The third-order valence-corrected chi connectivity index (χ3v) is 2.11. The van der Waals surface area contributed by atoms with Crippen LogP contribution in [0.3, 0.4) is 0 Å². The van der Waals surface area contributed by atoms with Crippen LogP contribution in [0.1, 0.15) is 0 Å². The normalized spacial score (nSPS) is 11.9. The average molecular weight is 223 g/mol. The third-order valence-electron chi connectivity index (χ3n) is 2.11. The lowest BCUT2D eigenvalue weighted by molar-refractivity contribution is 0.102. The highest BCUT2D eigenvalue weighted by molar-refractivity contribution is 5.90. The molecule has 0 aliphatic heterocycles. The molecule has 16 heavy (non-hydrogen) atoms. The van der Waals surface area contributed by atoms with Crippen molar-refractivity contribution in [3.8, 4) is 0 Å². The molecular weight excluding hydrogens is 206 g/mol.